The Hall–Kier alpha value is -2.24. The largest absolute Gasteiger partial charge is 0.388 e. The van der Waals surface area contributed by atoms with Crippen molar-refractivity contribution in [2.24, 2.45) is 5.92 Å². The highest BCUT2D eigenvalue weighted by Gasteiger charge is 2.36. The number of carbonyl (C=O) groups is 1. The van der Waals surface area contributed by atoms with E-state index in [0.717, 1.165) is 16.6 Å². The maximum atomic E-state index is 12.4. The third-order valence-corrected chi connectivity index (χ3v) is 5.26. The normalized spacial score (nSPS) is 17.5. The molecule has 1 aliphatic heterocycles. The molecule has 4 nitrogen and oxygen atoms in total. The number of fused-ring (bicyclic) bond motifs is 1. The van der Waals surface area contributed by atoms with Gasteiger partial charge >= 0.3 is 0 Å². The van der Waals surface area contributed by atoms with Crippen molar-refractivity contribution in [3.05, 3.63) is 88.4 Å². The molecule has 0 saturated carbocycles. The number of pyridine rings is 1. The zero-order valence-corrected chi connectivity index (χ0v) is 15.1. The minimum absolute atomic E-state index is 0.0177. The predicted octanol–water partition coefficient (Wildman–Crippen LogP) is 3.13. The summed E-state index contributed by atoms with van der Waals surface area (Å²) in [7, 11) is 0. The first-order valence-electron chi connectivity index (χ1n) is 8.23. The van der Waals surface area contributed by atoms with Crippen LogP contribution < -0.4 is 4.57 Å². The monoisotopic (exact) mass is 397 g/mol. The van der Waals surface area contributed by atoms with Crippen LogP contribution in [0.25, 0.3) is 0 Å². The summed E-state index contributed by atoms with van der Waals surface area (Å²) in [6, 6.07) is 15.7. The Balaban J connectivity index is 1.47. The van der Waals surface area contributed by atoms with Crippen LogP contribution in [0.15, 0.2) is 71.6 Å². The summed E-state index contributed by atoms with van der Waals surface area (Å²) >= 11 is 3.44. The maximum Gasteiger partial charge on any atom is 0.187 e. The van der Waals surface area contributed by atoms with Crippen LogP contribution in [0.4, 0.5) is 0 Å². The SMILES string of the molecule is O=C1c2cccn2C[C@@H]1[C@@H](O)c1cc[n+](Cc2ccc(Br)cc2)cc1. The van der Waals surface area contributed by atoms with Gasteiger partial charge in [0.2, 0.25) is 0 Å². The Morgan fingerprint density at radius 2 is 1.88 bits per heavy atom. The molecule has 0 aliphatic carbocycles. The second-order valence-corrected chi connectivity index (χ2v) is 7.31. The second-order valence-electron chi connectivity index (χ2n) is 6.39. The van der Waals surface area contributed by atoms with Crippen LogP contribution in [0.5, 0.6) is 0 Å². The number of aliphatic hydroxyl groups is 1. The predicted molar refractivity (Wildman–Crippen MR) is 97.1 cm³/mol. The number of aromatic nitrogens is 2. The van der Waals surface area contributed by atoms with Crippen LogP contribution in [0.1, 0.15) is 27.7 Å². The van der Waals surface area contributed by atoms with Crippen molar-refractivity contribution < 1.29 is 14.5 Å². The molecule has 25 heavy (non-hydrogen) atoms. The molecule has 0 unspecified atom stereocenters. The molecule has 0 radical (unpaired) electrons. The highest BCUT2D eigenvalue weighted by Crippen LogP contribution is 2.31. The van der Waals surface area contributed by atoms with Gasteiger partial charge in [0.1, 0.15) is 0 Å². The molecule has 0 amide bonds. The molecule has 1 aromatic carbocycles. The van der Waals surface area contributed by atoms with Gasteiger partial charge in [-0.1, -0.05) is 28.1 Å². The third-order valence-electron chi connectivity index (χ3n) is 4.73. The first-order valence-corrected chi connectivity index (χ1v) is 9.02. The van der Waals surface area contributed by atoms with Crippen molar-refractivity contribution in [1.29, 1.82) is 0 Å². The van der Waals surface area contributed by atoms with E-state index in [-0.39, 0.29) is 5.78 Å². The molecule has 4 rings (SSSR count). The number of hydrogen-bond donors (Lipinski definition) is 1. The fourth-order valence-corrected chi connectivity index (χ4v) is 3.59. The molecule has 0 spiro atoms. The van der Waals surface area contributed by atoms with Gasteiger partial charge in [-0.3, -0.25) is 4.79 Å². The minimum Gasteiger partial charge on any atom is -0.388 e. The molecule has 3 heterocycles. The quantitative estimate of drug-likeness (QED) is 0.687. The van der Waals surface area contributed by atoms with E-state index in [2.05, 4.69) is 32.6 Å². The van der Waals surface area contributed by atoms with Gasteiger partial charge in [0, 0.05) is 34.9 Å². The number of aliphatic hydroxyl groups excluding tert-OH is 1. The molecule has 5 heteroatoms. The second kappa shape index (κ2) is 6.58. The molecule has 126 valence electrons. The smallest absolute Gasteiger partial charge is 0.187 e. The number of ketones is 1. The average Bonchev–Trinajstić information content (AvgIpc) is 3.20. The van der Waals surface area contributed by atoms with Crippen LogP contribution in [0.2, 0.25) is 0 Å². The Bertz CT molecular complexity index is 900. The summed E-state index contributed by atoms with van der Waals surface area (Å²) in [5.74, 6) is -0.386. The zero-order chi connectivity index (χ0) is 17.4. The van der Waals surface area contributed by atoms with E-state index in [1.807, 2.05) is 59.6 Å². The summed E-state index contributed by atoms with van der Waals surface area (Å²) < 4.78 is 5.03. The molecule has 1 aliphatic rings. The van der Waals surface area contributed by atoms with Gasteiger partial charge in [-0.2, -0.15) is 0 Å². The Labute approximate surface area is 154 Å². The number of nitrogens with zero attached hydrogens (tertiary/aromatic N) is 2. The number of hydrogen-bond acceptors (Lipinski definition) is 2. The number of Topliss-reactive ketones (excluding diaryl/α,β-unsaturated/α-hetero) is 1. The zero-order valence-electron chi connectivity index (χ0n) is 13.5. The molecular formula is C20H18BrN2O2+. The fourth-order valence-electron chi connectivity index (χ4n) is 3.33. The molecule has 2 aromatic heterocycles. The molecule has 0 saturated heterocycles. The molecule has 0 bridgehead atoms. The molecule has 1 N–H and O–H groups in total. The van der Waals surface area contributed by atoms with Crippen molar-refractivity contribution in [1.82, 2.24) is 4.57 Å². The summed E-state index contributed by atoms with van der Waals surface area (Å²) in [5, 5.41) is 10.6. The van der Waals surface area contributed by atoms with Gasteiger partial charge in [-0.25, -0.2) is 4.57 Å². The van der Waals surface area contributed by atoms with E-state index in [1.54, 1.807) is 0 Å². The standard InChI is InChI=1S/C20H18BrN2O2/c21-16-5-3-14(4-6-16)12-22-10-7-15(8-11-22)19(24)17-13-23-9-1-2-18(23)20(17)25/h1-11,17,19,24H,12-13H2/q+1/t17-,19+/m1/s1. The van der Waals surface area contributed by atoms with Gasteiger partial charge in [0.05, 0.1) is 17.7 Å². The van der Waals surface area contributed by atoms with E-state index in [4.69, 9.17) is 0 Å². The number of halogens is 1. The van der Waals surface area contributed by atoms with Crippen LogP contribution in [-0.4, -0.2) is 15.5 Å². The van der Waals surface area contributed by atoms with E-state index in [9.17, 15) is 9.90 Å². The summed E-state index contributed by atoms with van der Waals surface area (Å²) in [6.07, 6.45) is 4.99. The topological polar surface area (TPSA) is 46.1 Å². The van der Waals surface area contributed by atoms with Gasteiger partial charge < -0.3 is 9.67 Å². The summed E-state index contributed by atoms with van der Waals surface area (Å²) in [5.41, 5.74) is 2.66. The first-order chi connectivity index (χ1) is 12.1. The molecule has 0 fully saturated rings. The summed E-state index contributed by atoms with van der Waals surface area (Å²) in [6.45, 7) is 1.30. The summed E-state index contributed by atoms with van der Waals surface area (Å²) in [4.78, 5) is 12.4. The lowest BCUT2D eigenvalue weighted by atomic mass is 9.93. The van der Waals surface area contributed by atoms with Crippen molar-refractivity contribution in [2.45, 2.75) is 19.2 Å². The highest BCUT2D eigenvalue weighted by atomic mass is 79.9. The van der Waals surface area contributed by atoms with E-state index >= 15 is 0 Å². The molecule has 2 atom stereocenters. The van der Waals surface area contributed by atoms with Crippen LogP contribution in [0.3, 0.4) is 0 Å². The lowest BCUT2D eigenvalue weighted by Gasteiger charge is -2.16. The Kier molecular flexibility index (Phi) is 4.27. The van der Waals surface area contributed by atoms with Crippen LogP contribution >= 0.6 is 15.9 Å². The number of rotatable bonds is 4. The highest BCUT2D eigenvalue weighted by molar-refractivity contribution is 9.10. The number of carbonyl (C=O) groups excluding carboxylic acids is 1. The van der Waals surface area contributed by atoms with Gasteiger partial charge in [0.15, 0.2) is 24.7 Å². The first kappa shape index (κ1) is 16.2. The van der Waals surface area contributed by atoms with E-state index < -0.39 is 12.0 Å². The number of benzene rings is 1. The minimum atomic E-state index is -0.783. The van der Waals surface area contributed by atoms with Crippen molar-refractivity contribution in [3.63, 3.8) is 0 Å². The van der Waals surface area contributed by atoms with Gasteiger partial charge in [-0.15, -0.1) is 0 Å². The Morgan fingerprint density at radius 3 is 2.56 bits per heavy atom. The van der Waals surface area contributed by atoms with Crippen molar-refractivity contribution in [2.75, 3.05) is 0 Å². The van der Waals surface area contributed by atoms with Crippen molar-refractivity contribution >= 4 is 21.7 Å². The lowest BCUT2D eigenvalue weighted by molar-refractivity contribution is -0.688. The third kappa shape index (κ3) is 3.17. The van der Waals surface area contributed by atoms with Crippen molar-refractivity contribution in [3.8, 4) is 0 Å². The Morgan fingerprint density at radius 1 is 1.16 bits per heavy atom. The fraction of sp³-hybridized carbons (Fsp3) is 0.200. The van der Waals surface area contributed by atoms with Gasteiger partial charge in [-0.05, 0) is 29.8 Å². The lowest BCUT2D eigenvalue weighted by Crippen LogP contribution is -2.33. The molecule has 3 aromatic rings. The van der Waals surface area contributed by atoms with Gasteiger partial charge in [0.25, 0.3) is 0 Å². The van der Waals surface area contributed by atoms with Crippen LogP contribution in [0, 0.1) is 5.92 Å². The average molecular weight is 398 g/mol. The van der Waals surface area contributed by atoms with Crippen LogP contribution in [-0.2, 0) is 13.1 Å². The maximum absolute atomic E-state index is 12.4. The molecular weight excluding hydrogens is 380 g/mol. The van der Waals surface area contributed by atoms with E-state index in [0.29, 0.717) is 12.2 Å². The van der Waals surface area contributed by atoms with E-state index in [1.165, 1.54) is 5.56 Å².